The predicted octanol–water partition coefficient (Wildman–Crippen LogP) is 1.66. The van der Waals surface area contributed by atoms with E-state index in [0.717, 1.165) is 17.5 Å². The molecule has 0 spiro atoms. The van der Waals surface area contributed by atoms with Crippen LogP contribution in [0.15, 0.2) is 17.1 Å². The molecule has 1 aliphatic carbocycles. The van der Waals surface area contributed by atoms with Crippen molar-refractivity contribution in [2.24, 2.45) is 0 Å². The van der Waals surface area contributed by atoms with Crippen LogP contribution in [0.25, 0.3) is 0 Å². The molecule has 1 heterocycles. The molecule has 0 atom stereocenters. The Kier molecular flexibility index (Phi) is 2.90. The van der Waals surface area contributed by atoms with Gasteiger partial charge in [-0.1, -0.05) is 0 Å². The first kappa shape index (κ1) is 9.09. The molecule has 0 radical (unpaired) electrons. The van der Waals surface area contributed by atoms with Gasteiger partial charge in [-0.3, -0.25) is 0 Å². The molecular formula is C9H14N2OS. The molecule has 13 heavy (non-hydrogen) atoms. The molecule has 0 bridgehead atoms. The molecule has 1 aliphatic rings. The number of oxazole rings is 1. The monoisotopic (exact) mass is 198 g/mol. The Bertz CT molecular complexity index is 244. The lowest BCUT2D eigenvalue weighted by Gasteiger charge is -2.34. The van der Waals surface area contributed by atoms with Gasteiger partial charge in [0.2, 0.25) is 0 Å². The van der Waals surface area contributed by atoms with Gasteiger partial charge in [0.15, 0.2) is 6.39 Å². The second-order valence-corrected chi connectivity index (χ2v) is 4.52. The summed E-state index contributed by atoms with van der Waals surface area (Å²) in [5.74, 6) is 0. The molecule has 0 saturated heterocycles. The highest BCUT2D eigenvalue weighted by molar-refractivity contribution is 7.99. The molecule has 1 fully saturated rings. The van der Waals surface area contributed by atoms with Crippen molar-refractivity contribution in [2.45, 2.75) is 30.7 Å². The van der Waals surface area contributed by atoms with Crippen LogP contribution < -0.4 is 5.32 Å². The minimum absolute atomic E-state index is 0.689. The Hall–Kier alpha value is -0.480. The molecule has 0 aromatic carbocycles. The average Bonchev–Trinajstić information content (AvgIpc) is 2.54. The van der Waals surface area contributed by atoms with Crippen molar-refractivity contribution < 1.29 is 4.42 Å². The Morgan fingerprint density at radius 3 is 3.15 bits per heavy atom. The van der Waals surface area contributed by atoms with E-state index in [0.29, 0.717) is 6.04 Å². The zero-order valence-corrected chi connectivity index (χ0v) is 8.51. The van der Waals surface area contributed by atoms with Crippen molar-refractivity contribution in [3.8, 4) is 0 Å². The second-order valence-electron chi connectivity index (χ2n) is 3.39. The highest BCUT2D eigenvalue weighted by atomic mass is 32.2. The summed E-state index contributed by atoms with van der Waals surface area (Å²) in [6.45, 7) is 0.836. The lowest BCUT2D eigenvalue weighted by Crippen LogP contribution is -2.42. The van der Waals surface area contributed by atoms with Crippen LogP contribution in [-0.4, -0.2) is 22.5 Å². The number of rotatable bonds is 4. The zero-order valence-electron chi connectivity index (χ0n) is 7.69. The van der Waals surface area contributed by atoms with Gasteiger partial charge in [-0.15, -0.1) is 0 Å². The first-order valence-electron chi connectivity index (χ1n) is 4.51. The third-order valence-corrected chi connectivity index (χ3v) is 3.54. The maximum atomic E-state index is 4.89. The topological polar surface area (TPSA) is 38.1 Å². The lowest BCUT2D eigenvalue weighted by atomic mass is 9.92. The van der Waals surface area contributed by atoms with E-state index in [1.54, 1.807) is 6.26 Å². The van der Waals surface area contributed by atoms with E-state index in [1.807, 2.05) is 11.8 Å². The summed E-state index contributed by atoms with van der Waals surface area (Å²) >= 11 is 1.96. The van der Waals surface area contributed by atoms with E-state index in [4.69, 9.17) is 4.42 Å². The number of nitrogens with one attached hydrogen (secondary N) is 1. The van der Waals surface area contributed by atoms with Crippen molar-refractivity contribution in [1.82, 2.24) is 10.3 Å². The van der Waals surface area contributed by atoms with E-state index >= 15 is 0 Å². The van der Waals surface area contributed by atoms with E-state index in [9.17, 15) is 0 Å². The molecular weight excluding hydrogens is 184 g/mol. The fraction of sp³-hybridized carbons (Fsp3) is 0.667. The van der Waals surface area contributed by atoms with Crippen molar-refractivity contribution in [1.29, 1.82) is 0 Å². The normalized spacial score (nSPS) is 27.2. The van der Waals surface area contributed by atoms with Crippen LogP contribution in [0.3, 0.4) is 0 Å². The molecule has 1 N–H and O–H groups in total. The van der Waals surface area contributed by atoms with Crippen LogP contribution in [0.4, 0.5) is 0 Å². The Labute approximate surface area is 82.3 Å². The zero-order chi connectivity index (χ0) is 9.10. The van der Waals surface area contributed by atoms with Gasteiger partial charge < -0.3 is 9.73 Å². The van der Waals surface area contributed by atoms with Gasteiger partial charge in [0.25, 0.3) is 0 Å². The highest BCUT2D eigenvalue weighted by Crippen LogP contribution is 2.29. The summed E-state index contributed by atoms with van der Waals surface area (Å²) in [4.78, 5) is 4.05. The molecule has 1 aromatic heterocycles. The van der Waals surface area contributed by atoms with Crippen LogP contribution in [-0.2, 0) is 6.54 Å². The molecule has 2 rings (SSSR count). The molecule has 3 nitrogen and oxygen atoms in total. The van der Waals surface area contributed by atoms with Gasteiger partial charge >= 0.3 is 0 Å². The quantitative estimate of drug-likeness (QED) is 0.798. The highest BCUT2D eigenvalue weighted by Gasteiger charge is 2.27. The van der Waals surface area contributed by atoms with E-state index < -0.39 is 0 Å². The third-order valence-electron chi connectivity index (χ3n) is 2.48. The van der Waals surface area contributed by atoms with Gasteiger partial charge in [-0.2, -0.15) is 11.8 Å². The molecule has 0 amide bonds. The Balaban J connectivity index is 1.65. The first-order valence-corrected chi connectivity index (χ1v) is 5.80. The van der Waals surface area contributed by atoms with Gasteiger partial charge in [-0.05, 0) is 19.1 Å². The maximum Gasteiger partial charge on any atom is 0.180 e. The lowest BCUT2D eigenvalue weighted by molar-refractivity contribution is 0.348. The number of thioether (sulfide) groups is 1. The summed E-state index contributed by atoms with van der Waals surface area (Å²) in [7, 11) is 0. The second kappa shape index (κ2) is 4.15. The van der Waals surface area contributed by atoms with Crippen LogP contribution in [0, 0.1) is 0 Å². The number of hydrogen-bond donors (Lipinski definition) is 1. The van der Waals surface area contributed by atoms with Gasteiger partial charge in [-0.25, -0.2) is 4.98 Å². The molecule has 1 aromatic rings. The molecule has 72 valence electrons. The summed E-state index contributed by atoms with van der Waals surface area (Å²) in [5.41, 5.74) is 0.993. The van der Waals surface area contributed by atoms with Gasteiger partial charge in [0.05, 0.1) is 5.69 Å². The standard InChI is InChI=1S/C9H14N2OS/c1-13-9-2-7(3-9)10-4-8-5-12-6-11-8/h5-7,9-10H,2-4H2,1H3. The first-order chi connectivity index (χ1) is 6.38. The van der Waals surface area contributed by atoms with Crippen molar-refractivity contribution in [3.05, 3.63) is 18.4 Å². The summed E-state index contributed by atoms with van der Waals surface area (Å²) in [6.07, 6.45) is 7.93. The summed E-state index contributed by atoms with van der Waals surface area (Å²) in [5, 5.41) is 4.32. The smallest absolute Gasteiger partial charge is 0.180 e. The van der Waals surface area contributed by atoms with Crippen molar-refractivity contribution in [3.63, 3.8) is 0 Å². The largest absolute Gasteiger partial charge is 0.451 e. The minimum atomic E-state index is 0.689. The third kappa shape index (κ3) is 2.25. The fourth-order valence-electron chi connectivity index (χ4n) is 1.50. The summed E-state index contributed by atoms with van der Waals surface area (Å²) in [6, 6.07) is 0.689. The minimum Gasteiger partial charge on any atom is -0.451 e. The van der Waals surface area contributed by atoms with E-state index in [1.165, 1.54) is 19.2 Å². The van der Waals surface area contributed by atoms with Crippen LogP contribution in [0.5, 0.6) is 0 Å². The number of hydrogen-bond acceptors (Lipinski definition) is 4. The van der Waals surface area contributed by atoms with Crippen LogP contribution in [0.1, 0.15) is 18.5 Å². The SMILES string of the molecule is CSC1CC(NCc2cocn2)C1. The van der Waals surface area contributed by atoms with Gasteiger partial charge in [0.1, 0.15) is 6.26 Å². The molecule has 0 aliphatic heterocycles. The number of nitrogens with zero attached hydrogens (tertiary/aromatic N) is 1. The molecule has 4 heteroatoms. The van der Waals surface area contributed by atoms with Crippen molar-refractivity contribution >= 4 is 11.8 Å². The summed E-state index contributed by atoms with van der Waals surface area (Å²) < 4.78 is 4.89. The fourth-order valence-corrected chi connectivity index (χ4v) is 2.35. The van der Waals surface area contributed by atoms with E-state index in [2.05, 4.69) is 16.6 Å². The number of aromatic nitrogens is 1. The molecule has 0 unspecified atom stereocenters. The maximum absolute atomic E-state index is 4.89. The Morgan fingerprint density at radius 1 is 1.69 bits per heavy atom. The average molecular weight is 198 g/mol. The predicted molar refractivity (Wildman–Crippen MR) is 53.7 cm³/mol. The van der Waals surface area contributed by atoms with E-state index in [-0.39, 0.29) is 0 Å². The molecule has 1 saturated carbocycles. The van der Waals surface area contributed by atoms with Crippen LogP contribution >= 0.6 is 11.8 Å². The van der Waals surface area contributed by atoms with Crippen molar-refractivity contribution in [2.75, 3.05) is 6.26 Å². The van der Waals surface area contributed by atoms with Crippen LogP contribution in [0.2, 0.25) is 0 Å². The van der Waals surface area contributed by atoms with Gasteiger partial charge in [0, 0.05) is 17.8 Å². The Morgan fingerprint density at radius 2 is 2.54 bits per heavy atom.